The first kappa shape index (κ1) is 18.2. The number of nitrogens with zero attached hydrogens (tertiary/aromatic N) is 3. The van der Waals surface area contributed by atoms with Crippen LogP contribution in [0.5, 0.6) is 0 Å². The molecule has 3 heteroatoms. The van der Waals surface area contributed by atoms with Crippen molar-refractivity contribution in [3.63, 3.8) is 0 Å². The Labute approximate surface area is 156 Å². The Balaban J connectivity index is 1.73. The van der Waals surface area contributed by atoms with E-state index in [2.05, 4.69) is 53.4 Å². The summed E-state index contributed by atoms with van der Waals surface area (Å²) in [6.07, 6.45) is 3.04. The molecule has 1 aliphatic heterocycles. The van der Waals surface area contributed by atoms with Gasteiger partial charge in [0.1, 0.15) is 0 Å². The van der Waals surface area contributed by atoms with Crippen molar-refractivity contribution >= 4 is 0 Å². The van der Waals surface area contributed by atoms with E-state index < -0.39 is 5.41 Å². The Bertz CT molecular complexity index is 765. The molecule has 3 nitrogen and oxygen atoms in total. The molecule has 1 heterocycles. The van der Waals surface area contributed by atoms with E-state index in [1.165, 1.54) is 5.56 Å². The van der Waals surface area contributed by atoms with Crippen LogP contribution in [0.25, 0.3) is 0 Å². The van der Waals surface area contributed by atoms with Crippen LogP contribution in [0.1, 0.15) is 36.8 Å². The van der Waals surface area contributed by atoms with Crippen LogP contribution in [0.3, 0.4) is 0 Å². The van der Waals surface area contributed by atoms with Crippen LogP contribution in [-0.4, -0.2) is 18.0 Å². The van der Waals surface area contributed by atoms with E-state index in [4.69, 9.17) is 5.26 Å². The van der Waals surface area contributed by atoms with Crippen molar-refractivity contribution in [3.05, 3.63) is 71.8 Å². The average Bonchev–Trinajstić information content (AvgIpc) is 2.71. The number of hydrogen-bond donors (Lipinski definition) is 0. The molecule has 0 amide bonds. The third-order valence-corrected chi connectivity index (χ3v) is 5.65. The molecule has 1 saturated heterocycles. The molecule has 1 atom stereocenters. The van der Waals surface area contributed by atoms with Gasteiger partial charge in [-0.05, 0) is 49.4 Å². The second-order valence-electron chi connectivity index (χ2n) is 7.14. The molecule has 1 aliphatic rings. The summed E-state index contributed by atoms with van der Waals surface area (Å²) in [6, 6.07) is 25.5. The van der Waals surface area contributed by atoms with Crippen LogP contribution in [-0.2, 0) is 12.0 Å². The van der Waals surface area contributed by atoms with Crippen molar-refractivity contribution in [1.29, 1.82) is 10.5 Å². The normalized spacial score (nSPS) is 17.8. The largest absolute Gasteiger partial charge is 0.299 e. The van der Waals surface area contributed by atoms with E-state index in [0.717, 1.165) is 38.0 Å². The predicted molar refractivity (Wildman–Crippen MR) is 103 cm³/mol. The Morgan fingerprint density at radius 1 is 0.923 bits per heavy atom. The molecule has 2 aromatic rings. The van der Waals surface area contributed by atoms with E-state index in [0.29, 0.717) is 18.8 Å². The summed E-state index contributed by atoms with van der Waals surface area (Å²) in [6.45, 7) is 2.97. The molecule has 1 fully saturated rings. The summed E-state index contributed by atoms with van der Waals surface area (Å²) in [5.41, 5.74) is 1.86. The van der Waals surface area contributed by atoms with Gasteiger partial charge >= 0.3 is 0 Å². The highest BCUT2D eigenvalue weighted by Gasteiger charge is 2.41. The molecular weight excluding hydrogens is 318 g/mol. The fraction of sp³-hybridized carbons (Fsp3) is 0.391. The lowest BCUT2D eigenvalue weighted by atomic mass is 9.65. The molecule has 0 radical (unpaired) electrons. The van der Waals surface area contributed by atoms with Crippen LogP contribution in [0.15, 0.2) is 60.7 Å². The highest BCUT2D eigenvalue weighted by molar-refractivity contribution is 5.34. The van der Waals surface area contributed by atoms with Crippen molar-refractivity contribution in [3.8, 4) is 12.1 Å². The van der Waals surface area contributed by atoms with Crippen LogP contribution in [0, 0.1) is 28.6 Å². The van der Waals surface area contributed by atoms with Gasteiger partial charge in [0.2, 0.25) is 0 Å². The first-order valence-electron chi connectivity index (χ1n) is 9.38. The third kappa shape index (κ3) is 3.96. The topological polar surface area (TPSA) is 50.8 Å². The van der Waals surface area contributed by atoms with Crippen LogP contribution in [0.2, 0.25) is 0 Å². The van der Waals surface area contributed by atoms with Gasteiger partial charge in [-0.15, -0.1) is 0 Å². The predicted octanol–water partition coefficient (Wildman–Crippen LogP) is 4.66. The monoisotopic (exact) mass is 343 g/mol. The van der Waals surface area contributed by atoms with Crippen molar-refractivity contribution in [2.45, 2.75) is 37.6 Å². The van der Waals surface area contributed by atoms with Crippen LogP contribution in [0.4, 0.5) is 0 Å². The van der Waals surface area contributed by atoms with Gasteiger partial charge in [0.25, 0.3) is 0 Å². The Kier molecular flexibility index (Phi) is 6.05. The zero-order chi connectivity index (χ0) is 18.2. The molecule has 132 valence electrons. The average molecular weight is 343 g/mol. The molecule has 0 saturated carbocycles. The van der Waals surface area contributed by atoms with E-state index >= 15 is 0 Å². The second kappa shape index (κ2) is 8.65. The Morgan fingerprint density at radius 2 is 1.54 bits per heavy atom. The zero-order valence-corrected chi connectivity index (χ0v) is 15.1. The number of likely N-dealkylation sites (tertiary alicyclic amines) is 1. The summed E-state index contributed by atoms with van der Waals surface area (Å²) in [5.74, 6) is 0.301. The molecule has 0 N–H and O–H groups in total. The second-order valence-corrected chi connectivity index (χ2v) is 7.14. The first-order valence-corrected chi connectivity index (χ1v) is 9.38. The molecule has 0 aromatic heterocycles. The molecule has 0 aliphatic carbocycles. The fourth-order valence-corrected chi connectivity index (χ4v) is 4.21. The van der Waals surface area contributed by atoms with Crippen molar-refractivity contribution < 1.29 is 0 Å². The van der Waals surface area contributed by atoms with Gasteiger partial charge in [-0.2, -0.15) is 10.5 Å². The molecule has 1 unspecified atom stereocenters. The molecule has 26 heavy (non-hydrogen) atoms. The molecule has 0 bridgehead atoms. The van der Waals surface area contributed by atoms with Gasteiger partial charge < -0.3 is 0 Å². The highest BCUT2D eigenvalue weighted by atomic mass is 15.1. The molecule has 2 aromatic carbocycles. The lowest BCUT2D eigenvalue weighted by molar-refractivity contribution is 0.138. The first-order chi connectivity index (χ1) is 12.8. The minimum Gasteiger partial charge on any atom is -0.299 e. The minimum atomic E-state index is -0.546. The number of piperidine rings is 1. The fourth-order valence-electron chi connectivity index (χ4n) is 4.21. The van der Waals surface area contributed by atoms with Gasteiger partial charge in [-0.1, -0.05) is 60.7 Å². The molecular formula is C23H25N3. The van der Waals surface area contributed by atoms with Gasteiger partial charge in [0, 0.05) is 13.0 Å². The van der Waals surface area contributed by atoms with Crippen molar-refractivity contribution in [1.82, 2.24) is 4.90 Å². The summed E-state index contributed by atoms with van der Waals surface area (Å²) in [5, 5.41) is 19.2. The van der Waals surface area contributed by atoms with Gasteiger partial charge in [0.05, 0.1) is 17.6 Å². The molecule has 3 rings (SSSR count). The quantitative estimate of drug-likeness (QED) is 0.766. The van der Waals surface area contributed by atoms with Gasteiger partial charge in [0.15, 0.2) is 0 Å². The van der Waals surface area contributed by atoms with Crippen molar-refractivity contribution in [2.24, 2.45) is 5.92 Å². The Morgan fingerprint density at radius 3 is 2.12 bits per heavy atom. The number of nitriles is 2. The van der Waals surface area contributed by atoms with Gasteiger partial charge in [-0.3, -0.25) is 4.90 Å². The Hall–Kier alpha value is -2.62. The van der Waals surface area contributed by atoms with Crippen LogP contribution < -0.4 is 0 Å². The maximum absolute atomic E-state index is 10.1. The number of hydrogen-bond acceptors (Lipinski definition) is 3. The van der Waals surface area contributed by atoms with E-state index in [9.17, 15) is 5.26 Å². The maximum Gasteiger partial charge on any atom is 0.0861 e. The third-order valence-electron chi connectivity index (χ3n) is 5.65. The van der Waals surface area contributed by atoms with E-state index in [1.807, 2.05) is 24.3 Å². The summed E-state index contributed by atoms with van der Waals surface area (Å²) in [7, 11) is 0. The number of benzene rings is 2. The summed E-state index contributed by atoms with van der Waals surface area (Å²) in [4.78, 5) is 2.48. The highest BCUT2D eigenvalue weighted by Crippen LogP contribution is 2.42. The zero-order valence-electron chi connectivity index (χ0n) is 15.1. The van der Waals surface area contributed by atoms with E-state index in [1.54, 1.807) is 0 Å². The number of rotatable bonds is 6. The van der Waals surface area contributed by atoms with Gasteiger partial charge in [-0.25, -0.2) is 0 Å². The maximum atomic E-state index is 10.1. The van der Waals surface area contributed by atoms with Crippen LogP contribution >= 0.6 is 0 Å². The van der Waals surface area contributed by atoms with Crippen molar-refractivity contribution in [2.75, 3.05) is 13.1 Å². The lowest BCUT2D eigenvalue weighted by Gasteiger charge is -2.41. The lowest BCUT2D eigenvalue weighted by Crippen LogP contribution is -2.42. The summed E-state index contributed by atoms with van der Waals surface area (Å²) < 4.78 is 0. The summed E-state index contributed by atoms with van der Waals surface area (Å²) >= 11 is 0. The standard InChI is InChI=1S/C23H25N3/c24-15-7-14-23(19-25,21-10-5-2-6-11-21)22-12-16-26(17-13-22)18-20-8-3-1-4-9-20/h1-6,8-11,22H,7,12-14,16-18H2. The minimum absolute atomic E-state index is 0.301. The SMILES string of the molecule is N#CCCC(C#N)(c1ccccc1)C1CCN(Cc2ccccc2)CC1. The molecule has 0 spiro atoms. The smallest absolute Gasteiger partial charge is 0.0861 e. The van der Waals surface area contributed by atoms with E-state index in [-0.39, 0.29) is 0 Å².